The third-order valence-corrected chi connectivity index (χ3v) is 6.66. The molecule has 2 fully saturated rings. The van der Waals surface area contributed by atoms with Crippen LogP contribution in [0.15, 0.2) is 0 Å². The quantitative estimate of drug-likeness (QED) is 0.830. The zero-order valence-electron chi connectivity index (χ0n) is 12.1. The summed E-state index contributed by atoms with van der Waals surface area (Å²) in [6.07, 6.45) is 6.64. The van der Waals surface area contributed by atoms with Gasteiger partial charge in [0.05, 0.1) is 0 Å². The Balaban J connectivity index is 2.13. The van der Waals surface area contributed by atoms with E-state index < -0.39 is 10.2 Å². The Morgan fingerprint density at radius 3 is 2.63 bits per heavy atom. The molecule has 2 aliphatic rings. The fourth-order valence-electron chi connectivity index (χ4n) is 3.42. The number of unbranched alkanes of at least 4 members (excludes halogenated alkanes) is 1. The maximum Gasteiger partial charge on any atom is 0.282 e. The minimum Gasteiger partial charge on any atom is -0.328 e. The van der Waals surface area contributed by atoms with Gasteiger partial charge in [0.15, 0.2) is 0 Å². The highest BCUT2D eigenvalue weighted by Gasteiger charge is 2.53. The van der Waals surface area contributed by atoms with E-state index in [0.29, 0.717) is 13.1 Å². The normalized spacial score (nSPS) is 32.7. The van der Waals surface area contributed by atoms with E-state index in [1.165, 1.54) is 4.31 Å². The predicted molar refractivity (Wildman–Crippen MR) is 77.0 cm³/mol. The van der Waals surface area contributed by atoms with Crippen LogP contribution in [0.2, 0.25) is 0 Å². The number of piperidine rings is 1. The van der Waals surface area contributed by atoms with Crippen LogP contribution < -0.4 is 5.73 Å². The average molecular weight is 289 g/mol. The average Bonchev–Trinajstić information content (AvgIpc) is 2.34. The number of nitrogens with two attached hydrogens (primary N) is 1. The second-order valence-corrected chi connectivity index (χ2v) is 8.06. The molecule has 0 atom stereocenters. The molecule has 0 amide bonds. The summed E-state index contributed by atoms with van der Waals surface area (Å²) in [6.45, 7) is 3.34. The Bertz CT molecular complexity index is 399. The van der Waals surface area contributed by atoms with Crippen molar-refractivity contribution >= 4 is 10.2 Å². The fraction of sp³-hybridized carbons (Fsp3) is 1.00. The van der Waals surface area contributed by atoms with Crippen molar-refractivity contribution in [2.24, 2.45) is 5.73 Å². The molecule has 1 spiro atoms. The Hall–Kier alpha value is -0.170. The Morgan fingerprint density at radius 2 is 2.05 bits per heavy atom. The molecule has 1 saturated carbocycles. The van der Waals surface area contributed by atoms with Gasteiger partial charge in [0.25, 0.3) is 10.2 Å². The van der Waals surface area contributed by atoms with Crippen molar-refractivity contribution in [2.75, 3.05) is 20.1 Å². The highest BCUT2D eigenvalue weighted by molar-refractivity contribution is 7.86. The van der Waals surface area contributed by atoms with E-state index in [1.807, 2.05) is 0 Å². The molecule has 1 aliphatic heterocycles. The van der Waals surface area contributed by atoms with Gasteiger partial charge in [-0.2, -0.15) is 17.0 Å². The first kappa shape index (κ1) is 15.2. The van der Waals surface area contributed by atoms with Gasteiger partial charge >= 0.3 is 0 Å². The van der Waals surface area contributed by atoms with E-state index in [-0.39, 0.29) is 11.6 Å². The van der Waals surface area contributed by atoms with Crippen molar-refractivity contribution in [1.82, 2.24) is 8.61 Å². The number of nitrogens with zero attached hydrogens (tertiary/aromatic N) is 2. The van der Waals surface area contributed by atoms with E-state index in [2.05, 4.69) is 6.92 Å². The third kappa shape index (κ3) is 2.82. The lowest BCUT2D eigenvalue weighted by Gasteiger charge is -2.55. The van der Waals surface area contributed by atoms with E-state index in [1.54, 1.807) is 11.4 Å². The molecule has 19 heavy (non-hydrogen) atoms. The molecule has 1 heterocycles. The van der Waals surface area contributed by atoms with Crippen molar-refractivity contribution in [1.29, 1.82) is 0 Å². The van der Waals surface area contributed by atoms with Crippen molar-refractivity contribution in [3.05, 3.63) is 0 Å². The molecule has 0 aromatic carbocycles. The molecule has 1 aliphatic carbocycles. The summed E-state index contributed by atoms with van der Waals surface area (Å²) in [7, 11) is -1.61. The van der Waals surface area contributed by atoms with E-state index >= 15 is 0 Å². The number of hydrogen-bond acceptors (Lipinski definition) is 3. The minimum atomic E-state index is -3.32. The summed E-state index contributed by atoms with van der Waals surface area (Å²) in [5.74, 6) is 0. The zero-order chi connectivity index (χ0) is 14.1. The van der Waals surface area contributed by atoms with Crippen molar-refractivity contribution in [3.63, 3.8) is 0 Å². The number of hydrogen-bond donors (Lipinski definition) is 1. The van der Waals surface area contributed by atoms with Crippen LogP contribution in [-0.2, 0) is 10.2 Å². The molecule has 0 bridgehead atoms. The van der Waals surface area contributed by atoms with Gasteiger partial charge in [-0.25, -0.2) is 0 Å². The molecule has 1 saturated heterocycles. The molecule has 0 aromatic rings. The van der Waals surface area contributed by atoms with E-state index in [9.17, 15) is 8.42 Å². The SMILES string of the molecule is CCCCN(C)S(=O)(=O)N1CCCCC12CC(N)C2. The Morgan fingerprint density at radius 1 is 1.37 bits per heavy atom. The highest BCUT2D eigenvalue weighted by atomic mass is 32.2. The van der Waals surface area contributed by atoms with E-state index in [4.69, 9.17) is 5.73 Å². The maximum atomic E-state index is 12.7. The van der Waals surface area contributed by atoms with Crippen molar-refractivity contribution in [2.45, 2.75) is 63.5 Å². The first-order valence-corrected chi connectivity index (χ1v) is 8.82. The highest BCUT2D eigenvalue weighted by Crippen LogP contribution is 2.45. The molecular formula is C13H27N3O2S. The Kier molecular flexibility index (Phi) is 4.55. The van der Waals surface area contributed by atoms with Gasteiger partial charge in [-0.05, 0) is 32.1 Å². The number of rotatable bonds is 5. The molecule has 0 unspecified atom stereocenters. The van der Waals surface area contributed by atoms with Crippen LogP contribution in [0.5, 0.6) is 0 Å². The molecule has 2 N–H and O–H groups in total. The molecular weight excluding hydrogens is 262 g/mol. The fourth-order valence-corrected chi connectivity index (χ4v) is 5.21. The van der Waals surface area contributed by atoms with Crippen LogP contribution in [0.25, 0.3) is 0 Å². The molecule has 5 nitrogen and oxygen atoms in total. The lowest BCUT2D eigenvalue weighted by molar-refractivity contribution is 0.0294. The van der Waals surface area contributed by atoms with Crippen LogP contribution in [0.4, 0.5) is 0 Å². The van der Waals surface area contributed by atoms with Gasteiger partial charge in [-0.3, -0.25) is 0 Å². The molecule has 112 valence electrons. The zero-order valence-corrected chi connectivity index (χ0v) is 13.0. The van der Waals surface area contributed by atoms with Crippen molar-refractivity contribution in [3.8, 4) is 0 Å². The first-order valence-electron chi connectivity index (χ1n) is 7.42. The summed E-state index contributed by atoms with van der Waals surface area (Å²) in [5.41, 5.74) is 5.74. The predicted octanol–water partition coefficient (Wildman–Crippen LogP) is 1.31. The van der Waals surface area contributed by atoms with Gasteiger partial charge in [0.2, 0.25) is 0 Å². The Labute approximate surface area is 117 Å². The standard InChI is InChI=1S/C13H27N3O2S/c1-3-4-8-15(2)19(17,18)16-9-6-5-7-13(16)10-12(14)11-13/h12H,3-11,14H2,1-2H3. The van der Waals surface area contributed by atoms with E-state index in [0.717, 1.165) is 44.9 Å². The van der Waals surface area contributed by atoms with Gasteiger partial charge in [0.1, 0.15) is 0 Å². The first-order chi connectivity index (χ1) is 8.92. The largest absolute Gasteiger partial charge is 0.328 e. The lowest BCUT2D eigenvalue weighted by atomic mass is 9.68. The van der Waals surface area contributed by atoms with Gasteiger partial charge in [0, 0.05) is 31.7 Å². The molecule has 6 heteroatoms. The second kappa shape index (κ2) is 5.68. The van der Waals surface area contributed by atoms with Crippen LogP contribution in [0.1, 0.15) is 51.9 Å². The smallest absolute Gasteiger partial charge is 0.282 e. The third-order valence-electron chi connectivity index (χ3n) is 4.57. The molecule has 2 rings (SSSR count). The van der Waals surface area contributed by atoms with Crippen LogP contribution >= 0.6 is 0 Å². The minimum absolute atomic E-state index is 0.170. The topological polar surface area (TPSA) is 66.6 Å². The summed E-state index contributed by atoms with van der Waals surface area (Å²) in [5, 5.41) is 0. The van der Waals surface area contributed by atoms with Crippen LogP contribution in [-0.4, -0.2) is 48.7 Å². The second-order valence-electron chi connectivity index (χ2n) is 6.10. The van der Waals surface area contributed by atoms with Gasteiger partial charge in [-0.1, -0.05) is 19.8 Å². The summed E-state index contributed by atoms with van der Waals surface area (Å²) in [4.78, 5) is 0. The summed E-state index contributed by atoms with van der Waals surface area (Å²) >= 11 is 0. The monoisotopic (exact) mass is 289 g/mol. The molecule has 0 radical (unpaired) electrons. The lowest BCUT2D eigenvalue weighted by Crippen LogP contribution is -2.66. The maximum absolute atomic E-state index is 12.7. The summed E-state index contributed by atoms with van der Waals surface area (Å²) < 4.78 is 28.7. The van der Waals surface area contributed by atoms with Crippen LogP contribution in [0.3, 0.4) is 0 Å². The van der Waals surface area contributed by atoms with Crippen molar-refractivity contribution < 1.29 is 8.42 Å². The summed E-state index contributed by atoms with van der Waals surface area (Å²) in [6, 6.07) is 0.178. The van der Waals surface area contributed by atoms with Gasteiger partial charge < -0.3 is 5.73 Å². The molecule has 0 aromatic heterocycles. The van der Waals surface area contributed by atoms with Crippen LogP contribution in [0, 0.1) is 0 Å². The van der Waals surface area contributed by atoms with Gasteiger partial charge in [-0.15, -0.1) is 0 Å².